The molecule has 2 rings (SSSR count). The number of anilines is 1. The Morgan fingerprint density at radius 1 is 1.33 bits per heavy atom. The second-order valence-corrected chi connectivity index (χ2v) is 5.25. The molecule has 0 bridgehead atoms. The molecule has 1 N–H and O–H groups in total. The number of thiophene rings is 1. The number of carbonyl (C=O) groups is 1. The minimum absolute atomic E-state index is 0.133. The summed E-state index contributed by atoms with van der Waals surface area (Å²) in [5.74, 6) is -0.133. The standard InChI is InChI=1S/C14H12N2OS/c1-9-6-13(18-10(9)2)14(17)16-12-5-3-4-11(7-12)8-15/h3-7H,1-2H3,(H,16,17). The van der Waals surface area contributed by atoms with Gasteiger partial charge < -0.3 is 5.32 Å². The highest BCUT2D eigenvalue weighted by Crippen LogP contribution is 2.21. The molecule has 1 amide bonds. The molecule has 0 saturated heterocycles. The van der Waals surface area contributed by atoms with Crippen LogP contribution in [0.25, 0.3) is 0 Å². The Labute approximate surface area is 110 Å². The molecule has 0 aliphatic rings. The predicted molar refractivity (Wildman–Crippen MR) is 72.9 cm³/mol. The Morgan fingerprint density at radius 3 is 2.72 bits per heavy atom. The van der Waals surface area contributed by atoms with E-state index >= 15 is 0 Å². The van der Waals surface area contributed by atoms with Crippen molar-refractivity contribution in [3.05, 3.63) is 51.2 Å². The number of rotatable bonds is 2. The largest absolute Gasteiger partial charge is 0.321 e. The number of amides is 1. The first-order valence-electron chi connectivity index (χ1n) is 5.48. The molecular formula is C14H12N2OS. The van der Waals surface area contributed by atoms with Gasteiger partial charge in [-0.05, 0) is 43.7 Å². The molecule has 90 valence electrons. The Kier molecular flexibility index (Phi) is 3.45. The summed E-state index contributed by atoms with van der Waals surface area (Å²) < 4.78 is 0. The van der Waals surface area contributed by atoms with Crippen LogP contribution in [0.4, 0.5) is 5.69 Å². The lowest BCUT2D eigenvalue weighted by Crippen LogP contribution is -2.10. The molecule has 0 unspecified atom stereocenters. The van der Waals surface area contributed by atoms with Crippen molar-refractivity contribution in [2.75, 3.05) is 5.32 Å². The first kappa shape index (κ1) is 12.3. The van der Waals surface area contributed by atoms with Crippen LogP contribution in [0.15, 0.2) is 30.3 Å². The number of hydrogen-bond donors (Lipinski definition) is 1. The van der Waals surface area contributed by atoms with Crippen molar-refractivity contribution in [2.45, 2.75) is 13.8 Å². The van der Waals surface area contributed by atoms with E-state index in [4.69, 9.17) is 5.26 Å². The molecule has 0 fully saturated rings. The zero-order valence-electron chi connectivity index (χ0n) is 10.2. The van der Waals surface area contributed by atoms with E-state index in [0.29, 0.717) is 16.1 Å². The van der Waals surface area contributed by atoms with Crippen molar-refractivity contribution >= 4 is 22.9 Å². The molecule has 0 aliphatic carbocycles. The number of nitrogens with zero attached hydrogens (tertiary/aromatic N) is 1. The maximum atomic E-state index is 12.0. The Balaban J connectivity index is 2.19. The second kappa shape index (κ2) is 5.03. The van der Waals surface area contributed by atoms with E-state index in [1.807, 2.05) is 26.0 Å². The first-order chi connectivity index (χ1) is 8.60. The molecule has 0 radical (unpaired) electrons. The van der Waals surface area contributed by atoms with E-state index in [1.165, 1.54) is 11.3 Å². The molecule has 1 aromatic carbocycles. The molecule has 4 heteroatoms. The van der Waals surface area contributed by atoms with Gasteiger partial charge in [0, 0.05) is 10.6 Å². The van der Waals surface area contributed by atoms with Gasteiger partial charge in [0.1, 0.15) is 0 Å². The molecular weight excluding hydrogens is 244 g/mol. The monoisotopic (exact) mass is 256 g/mol. The number of carbonyl (C=O) groups excluding carboxylic acids is 1. The predicted octanol–water partition coefficient (Wildman–Crippen LogP) is 3.49. The molecule has 0 aliphatic heterocycles. The van der Waals surface area contributed by atoms with Gasteiger partial charge in [-0.2, -0.15) is 5.26 Å². The Bertz CT molecular complexity index is 618. The van der Waals surface area contributed by atoms with Gasteiger partial charge in [0.2, 0.25) is 0 Å². The summed E-state index contributed by atoms with van der Waals surface area (Å²) in [7, 11) is 0. The van der Waals surface area contributed by atoms with Crippen LogP contribution < -0.4 is 5.32 Å². The minimum atomic E-state index is -0.133. The lowest BCUT2D eigenvalue weighted by molar-refractivity contribution is 0.103. The molecule has 2 aromatic rings. The van der Waals surface area contributed by atoms with Gasteiger partial charge in [-0.25, -0.2) is 0 Å². The van der Waals surface area contributed by atoms with Crippen molar-refractivity contribution in [3.8, 4) is 6.07 Å². The van der Waals surface area contributed by atoms with Crippen LogP contribution in [-0.4, -0.2) is 5.91 Å². The van der Waals surface area contributed by atoms with Gasteiger partial charge in [0.05, 0.1) is 16.5 Å². The molecule has 0 saturated carbocycles. The number of hydrogen-bond acceptors (Lipinski definition) is 3. The molecule has 0 atom stereocenters. The van der Waals surface area contributed by atoms with E-state index in [2.05, 4.69) is 5.32 Å². The third-order valence-corrected chi connectivity index (χ3v) is 3.79. The zero-order valence-corrected chi connectivity index (χ0v) is 11.0. The fourth-order valence-electron chi connectivity index (χ4n) is 1.54. The lowest BCUT2D eigenvalue weighted by atomic mass is 10.2. The van der Waals surface area contributed by atoms with Gasteiger partial charge in [-0.1, -0.05) is 6.07 Å². The maximum absolute atomic E-state index is 12.0. The fraction of sp³-hybridized carbons (Fsp3) is 0.143. The molecule has 0 spiro atoms. The summed E-state index contributed by atoms with van der Waals surface area (Å²) in [6.45, 7) is 3.98. The van der Waals surface area contributed by atoms with Gasteiger partial charge in [-0.15, -0.1) is 11.3 Å². The Morgan fingerprint density at radius 2 is 2.11 bits per heavy atom. The van der Waals surface area contributed by atoms with E-state index in [0.717, 1.165) is 10.4 Å². The van der Waals surface area contributed by atoms with Crippen LogP contribution >= 0.6 is 11.3 Å². The van der Waals surface area contributed by atoms with Crippen molar-refractivity contribution in [1.29, 1.82) is 5.26 Å². The van der Waals surface area contributed by atoms with Crippen LogP contribution in [0.2, 0.25) is 0 Å². The van der Waals surface area contributed by atoms with Gasteiger partial charge >= 0.3 is 0 Å². The minimum Gasteiger partial charge on any atom is -0.321 e. The van der Waals surface area contributed by atoms with E-state index in [-0.39, 0.29) is 5.91 Å². The van der Waals surface area contributed by atoms with Crippen LogP contribution in [0.1, 0.15) is 25.7 Å². The quantitative estimate of drug-likeness (QED) is 0.894. The second-order valence-electron chi connectivity index (χ2n) is 4.00. The lowest BCUT2D eigenvalue weighted by Gasteiger charge is -2.03. The number of nitrogens with one attached hydrogen (secondary N) is 1. The molecule has 18 heavy (non-hydrogen) atoms. The smallest absolute Gasteiger partial charge is 0.265 e. The van der Waals surface area contributed by atoms with E-state index < -0.39 is 0 Å². The van der Waals surface area contributed by atoms with Crippen LogP contribution in [0.3, 0.4) is 0 Å². The van der Waals surface area contributed by atoms with Gasteiger partial charge in [0.25, 0.3) is 5.91 Å². The Hall–Kier alpha value is -2.12. The summed E-state index contributed by atoms with van der Waals surface area (Å²) in [4.78, 5) is 13.8. The number of aryl methyl sites for hydroxylation is 2. The topological polar surface area (TPSA) is 52.9 Å². The highest BCUT2D eigenvalue weighted by atomic mass is 32.1. The molecule has 3 nitrogen and oxygen atoms in total. The van der Waals surface area contributed by atoms with E-state index in [1.54, 1.807) is 24.3 Å². The third kappa shape index (κ3) is 2.58. The molecule has 1 heterocycles. The highest BCUT2D eigenvalue weighted by molar-refractivity contribution is 7.14. The maximum Gasteiger partial charge on any atom is 0.265 e. The van der Waals surface area contributed by atoms with Crippen LogP contribution in [-0.2, 0) is 0 Å². The van der Waals surface area contributed by atoms with Gasteiger partial charge in [-0.3, -0.25) is 4.79 Å². The average Bonchev–Trinajstić information content (AvgIpc) is 2.70. The van der Waals surface area contributed by atoms with Crippen LogP contribution in [0, 0.1) is 25.2 Å². The molecule has 1 aromatic heterocycles. The fourth-order valence-corrected chi connectivity index (χ4v) is 2.47. The van der Waals surface area contributed by atoms with Crippen molar-refractivity contribution < 1.29 is 4.79 Å². The SMILES string of the molecule is Cc1cc(C(=O)Nc2cccc(C#N)c2)sc1C. The van der Waals surface area contributed by atoms with E-state index in [9.17, 15) is 4.79 Å². The summed E-state index contributed by atoms with van der Waals surface area (Å²) in [6.07, 6.45) is 0. The van der Waals surface area contributed by atoms with Crippen molar-refractivity contribution in [1.82, 2.24) is 0 Å². The third-order valence-electron chi connectivity index (χ3n) is 2.64. The summed E-state index contributed by atoms with van der Waals surface area (Å²) in [5, 5.41) is 11.6. The summed E-state index contributed by atoms with van der Waals surface area (Å²) >= 11 is 1.47. The van der Waals surface area contributed by atoms with Crippen molar-refractivity contribution in [2.24, 2.45) is 0 Å². The van der Waals surface area contributed by atoms with Crippen LogP contribution in [0.5, 0.6) is 0 Å². The summed E-state index contributed by atoms with van der Waals surface area (Å²) in [6, 6.07) is 10.8. The normalized spacial score (nSPS) is 9.83. The van der Waals surface area contributed by atoms with Gasteiger partial charge in [0.15, 0.2) is 0 Å². The first-order valence-corrected chi connectivity index (χ1v) is 6.30. The number of benzene rings is 1. The average molecular weight is 256 g/mol. The number of nitriles is 1. The zero-order chi connectivity index (χ0) is 13.1. The summed E-state index contributed by atoms with van der Waals surface area (Å²) in [5.41, 5.74) is 2.30. The highest BCUT2D eigenvalue weighted by Gasteiger charge is 2.10. The van der Waals surface area contributed by atoms with Crippen molar-refractivity contribution in [3.63, 3.8) is 0 Å².